The van der Waals surface area contributed by atoms with Crippen LogP contribution in [0.25, 0.3) is 5.69 Å². The molecule has 34 heavy (non-hydrogen) atoms. The van der Waals surface area contributed by atoms with Gasteiger partial charge in [-0.25, -0.2) is 13.8 Å². The van der Waals surface area contributed by atoms with Gasteiger partial charge in [-0.05, 0) is 18.2 Å². The first kappa shape index (κ1) is 24.1. The standard InChI is InChI=1S/C21H13F4N3O6/c1-27-17(21(23,24)25)8-18(29)28(20(27)32)13-7-16(11(9-26)6-12(13)22)34-15-5-3-2-4-14(15)33-10-19(30)31/h2-8H,10H2,1H3,(H,30,31)/p-1. The summed E-state index contributed by atoms with van der Waals surface area (Å²) < 4.78 is 64.8. The summed E-state index contributed by atoms with van der Waals surface area (Å²) in [6, 6.07) is 8.76. The number of aromatic nitrogens is 2. The predicted molar refractivity (Wildman–Crippen MR) is 104 cm³/mol. The Bertz CT molecular complexity index is 1440. The van der Waals surface area contributed by atoms with Gasteiger partial charge in [0.05, 0.1) is 17.2 Å². The summed E-state index contributed by atoms with van der Waals surface area (Å²) in [6.07, 6.45) is -5.02. The Balaban J connectivity index is 2.17. The van der Waals surface area contributed by atoms with Crippen molar-refractivity contribution in [2.24, 2.45) is 7.05 Å². The molecule has 176 valence electrons. The lowest BCUT2D eigenvalue weighted by Gasteiger charge is -2.16. The lowest BCUT2D eigenvalue weighted by Crippen LogP contribution is -2.41. The molecule has 0 atom stereocenters. The van der Waals surface area contributed by atoms with Crippen LogP contribution < -0.4 is 25.8 Å². The molecule has 0 aliphatic rings. The molecule has 1 aromatic heterocycles. The average Bonchev–Trinajstić information content (AvgIpc) is 2.76. The number of rotatable bonds is 6. The number of halogens is 4. The van der Waals surface area contributed by atoms with E-state index in [1.54, 1.807) is 6.07 Å². The number of hydrogen-bond donors (Lipinski definition) is 0. The molecule has 13 heteroatoms. The SMILES string of the molecule is Cn1c(C(F)(F)F)cc(=O)n(-c2cc(Oc3ccccc3OCC(=O)[O-])c(C#N)cc2F)c1=O. The third-order valence-electron chi connectivity index (χ3n) is 4.44. The highest BCUT2D eigenvalue weighted by Gasteiger charge is 2.35. The number of carboxylic acid groups (broad SMARTS) is 1. The molecule has 0 aliphatic carbocycles. The van der Waals surface area contributed by atoms with Crippen LogP contribution >= 0.6 is 0 Å². The van der Waals surface area contributed by atoms with Gasteiger partial charge in [0.1, 0.15) is 29.9 Å². The average molecular weight is 478 g/mol. The van der Waals surface area contributed by atoms with E-state index >= 15 is 0 Å². The summed E-state index contributed by atoms with van der Waals surface area (Å²) in [5.74, 6) is -3.40. The van der Waals surface area contributed by atoms with Gasteiger partial charge in [0.2, 0.25) is 0 Å². The number of para-hydroxylation sites is 2. The van der Waals surface area contributed by atoms with E-state index in [2.05, 4.69) is 0 Å². The largest absolute Gasteiger partial charge is 0.546 e. The van der Waals surface area contributed by atoms with Crippen LogP contribution in [-0.4, -0.2) is 21.7 Å². The normalized spacial score (nSPS) is 11.1. The number of alkyl halides is 3. The molecule has 0 bridgehead atoms. The first-order chi connectivity index (χ1) is 15.9. The third kappa shape index (κ3) is 4.75. The summed E-state index contributed by atoms with van der Waals surface area (Å²) in [5.41, 5.74) is -5.67. The Morgan fingerprint density at radius 2 is 1.76 bits per heavy atom. The molecule has 0 fully saturated rings. The molecule has 0 unspecified atom stereocenters. The summed E-state index contributed by atoms with van der Waals surface area (Å²) in [4.78, 5) is 35.5. The van der Waals surface area contributed by atoms with E-state index in [-0.39, 0.29) is 26.7 Å². The van der Waals surface area contributed by atoms with Crippen molar-refractivity contribution >= 4 is 5.97 Å². The van der Waals surface area contributed by atoms with Crippen molar-refractivity contribution in [2.45, 2.75) is 6.18 Å². The van der Waals surface area contributed by atoms with E-state index in [0.717, 1.165) is 13.1 Å². The van der Waals surface area contributed by atoms with Crippen molar-refractivity contribution in [3.8, 4) is 29.0 Å². The predicted octanol–water partition coefficient (Wildman–Crippen LogP) is 1.49. The number of carbonyl (C=O) groups excluding carboxylic acids is 1. The lowest BCUT2D eigenvalue weighted by atomic mass is 10.1. The van der Waals surface area contributed by atoms with Crippen LogP contribution in [0.5, 0.6) is 17.2 Å². The molecular formula is C21H12F4N3O6-. The maximum Gasteiger partial charge on any atom is 0.431 e. The molecule has 0 aliphatic heterocycles. The van der Waals surface area contributed by atoms with Crippen LogP contribution in [0.1, 0.15) is 11.3 Å². The van der Waals surface area contributed by atoms with Crippen LogP contribution in [0.3, 0.4) is 0 Å². The summed E-state index contributed by atoms with van der Waals surface area (Å²) in [6.45, 7) is -0.836. The van der Waals surface area contributed by atoms with Crippen LogP contribution in [0.2, 0.25) is 0 Å². The summed E-state index contributed by atoms with van der Waals surface area (Å²) in [5, 5.41) is 20.0. The Morgan fingerprint density at radius 3 is 2.35 bits per heavy atom. The quantitative estimate of drug-likeness (QED) is 0.492. The highest BCUT2D eigenvalue weighted by molar-refractivity contribution is 5.66. The van der Waals surface area contributed by atoms with Crippen LogP contribution in [0, 0.1) is 17.1 Å². The number of nitrogens with zero attached hydrogens (tertiary/aromatic N) is 3. The zero-order valence-corrected chi connectivity index (χ0v) is 17.1. The van der Waals surface area contributed by atoms with Gasteiger partial charge in [0.25, 0.3) is 5.56 Å². The van der Waals surface area contributed by atoms with Crippen LogP contribution in [0.4, 0.5) is 17.6 Å². The monoisotopic (exact) mass is 478 g/mol. The molecular weight excluding hydrogens is 466 g/mol. The van der Waals surface area contributed by atoms with Crippen molar-refractivity contribution in [3.05, 3.63) is 80.4 Å². The van der Waals surface area contributed by atoms with Crippen molar-refractivity contribution in [2.75, 3.05) is 6.61 Å². The van der Waals surface area contributed by atoms with Gasteiger partial charge in [-0.1, -0.05) is 12.1 Å². The molecule has 0 spiro atoms. The Labute approximate surface area is 187 Å². The van der Waals surface area contributed by atoms with Crippen molar-refractivity contribution in [1.82, 2.24) is 9.13 Å². The minimum atomic E-state index is -5.02. The minimum absolute atomic E-state index is 0.0934. The van der Waals surface area contributed by atoms with Gasteiger partial charge in [-0.15, -0.1) is 0 Å². The highest BCUT2D eigenvalue weighted by atomic mass is 19.4. The smallest absolute Gasteiger partial charge is 0.431 e. The van der Waals surface area contributed by atoms with Gasteiger partial charge >= 0.3 is 11.9 Å². The molecule has 9 nitrogen and oxygen atoms in total. The third-order valence-corrected chi connectivity index (χ3v) is 4.44. The molecule has 0 saturated carbocycles. The number of hydrogen-bond acceptors (Lipinski definition) is 7. The van der Waals surface area contributed by atoms with Gasteiger partial charge < -0.3 is 19.4 Å². The molecule has 0 amide bonds. The van der Waals surface area contributed by atoms with Gasteiger partial charge in [-0.2, -0.15) is 18.4 Å². The Kier molecular flexibility index (Phi) is 6.44. The summed E-state index contributed by atoms with van der Waals surface area (Å²) in [7, 11) is 0.755. The van der Waals surface area contributed by atoms with E-state index < -0.39 is 58.5 Å². The fourth-order valence-corrected chi connectivity index (χ4v) is 2.91. The Hall–Kier alpha value is -4.60. The number of carboxylic acids is 1. The molecule has 3 aromatic rings. The van der Waals surface area contributed by atoms with Gasteiger partial charge in [0.15, 0.2) is 11.5 Å². The first-order valence-corrected chi connectivity index (χ1v) is 9.18. The lowest BCUT2D eigenvalue weighted by molar-refractivity contribution is -0.307. The maximum atomic E-state index is 14.7. The molecule has 0 saturated heterocycles. The fraction of sp³-hybridized carbons (Fsp3) is 0.143. The zero-order valence-electron chi connectivity index (χ0n) is 17.1. The van der Waals surface area contributed by atoms with E-state index in [0.29, 0.717) is 6.07 Å². The minimum Gasteiger partial charge on any atom is -0.546 e. The van der Waals surface area contributed by atoms with E-state index in [1.165, 1.54) is 24.3 Å². The maximum absolute atomic E-state index is 14.7. The van der Waals surface area contributed by atoms with Crippen molar-refractivity contribution in [3.63, 3.8) is 0 Å². The van der Waals surface area contributed by atoms with E-state index in [4.69, 9.17) is 9.47 Å². The van der Waals surface area contributed by atoms with Crippen molar-refractivity contribution < 1.29 is 36.9 Å². The summed E-state index contributed by atoms with van der Waals surface area (Å²) >= 11 is 0. The second-order valence-electron chi connectivity index (χ2n) is 6.66. The number of ether oxygens (including phenoxy) is 2. The first-order valence-electron chi connectivity index (χ1n) is 9.18. The molecule has 0 N–H and O–H groups in total. The Morgan fingerprint density at radius 1 is 1.12 bits per heavy atom. The number of carbonyl (C=O) groups is 1. The highest BCUT2D eigenvalue weighted by Crippen LogP contribution is 2.34. The second kappa shape index (κ2) is 9.10. The van der Waals surface area contributed by atoms with E-state index in [9.17, 15) is 42.3 Å². The molecule has 3 rings (SSSR count). The zero-order chi connectivity index (χ0) is 25.2. The van der Waals surface area contributed by atoms with Crippen molar-refractivity contribution in [1.29, 1.82) is 5.26 Å². The molecule has 0 radical (unpaired) electrons. The topological polar surface area (TPSA) is 126 Å². The fourth-order valence-electron chi connectivity index (χ4n) is 2.91. The van der Waals surface area contributed by atoms with E-state index in [1.807, 2.05) is 0 Å². The number of benzene rings is 2. The second-order valence-corrected chi connectivity index (χ2v) is 6.66. The number of aliphatic carboxylic acids is 1. The van der Waals surface area contributed by atoms with Crippen LogP contribution in [-0.2, 0) is 18.0 Å². The molecule has 1 heterocycles. The van der Waals surface area contributed by atoms with Crippen LogP contribution in [0.15, 0.2) is 52.1 Å². The number of nitriles is 1. The van der Waals surface area contributed by atoms with Gasteiger partial charge in [0, 0.05) is 19.2 Å². The molecule has 2 aromatic carbocycles. The van der Waals surface area contributed by atoms with Gasteiger partial charge in [-0.3, -0.25) is 9.36 Å².